The van der Waals surface area contributed by atoms with Crippen LogP contribution in [0.2, 0.25) is 0 Å². The molecule has 0 aliphatic heterocycles. The number of aromatic amines is 1. The number of nitrogens with zero attached hydrogens (tertiary/aromatic N) is 1. The van der Waals surface area contributed by atoms with Gasteiger partial charge in [-0.05, 0) is 15.9 Å². The standard InChI is InChI=1S/C6H6BrF2N3O/c7-4-5(10-1-3(8)9)11-2-12-6(4)13/h2-3H,1H2,(H2,10,11,12,13). The summed E-state index contributed by atoms with van der Waals surface area (Å²) in [4.78, 5) is 16.9. The van der Waals surface area contributed by atoms with Gasteiger partial charge >= 0.3 is 0 Å². The molecule has 13 heavy (non-hydrogen) atoms. The normalized spacial score (nSPS) is 10.5. The van der Waals surface area contributed by atoms with Crippen LogP contribution in [0.5, 0.6) is 0 Å². The first kappa shape index (κ1) is 10.1. The third kappa shape index (κ3) is 2.76. The average Bonchev–Trinajstić information content (AvgIpc) is 2.07. The van der Waals surface area contributed by atoms with Crippen LogP contribution in [0.25, 0.3) is 0 Å². The largest absolute Gasteiger partial charge is 0.363 e. The topological polar surface area (TPSA) is 57.8 Å². The zero-order valence-electron chi connectivity index (χ0n) is 6.35. The molecule has 0 saturated carbocycles. The van der Waals surface area contributed by atoms with Crippen LogP contribution >= 0.6 is 15.9 Å². The second-order valence-electron chi connectivity index (χ2n) is 2.17. The van der Waals surface area contributed by atoms with E-state index >= 15 is 0 Å². The maximum atomic E-state index is 11.8. The number of nitrogens with one attached hydrogen (secondary N) is 2. The number of aromatic nitrogens is 2. The Labute approximate surface area is 80.5 Å². The molecule has 4 nitrogen and oxygen atoms in total. The number of alkyl halides is 2. The van der Waals surface area contributed by atoms with Crippen molar-refractivity contribution in [3.63, 3.8) is 0 Å². The zero-order chi connectivity index (χ0) is 9.84. The van der Waals surface area contributed by atoms with Crippen LogP contribution in [0, 0.1) is 0 Å². The SMILES string of the molecule is O=c1[nH]cnc(NCC(F)F)c1Br. The highest BCUT2D eigenvalue weighted by atomic mass is 79.9. The fourth-order valence-electron chi connectivity index (χ4n) is 0.680. The van der Waals surface area contributed by atoms with E-state index in [2.05, 4.69) is 31.2 Å². The van der Waals surface area contributed by atoms with Crippen LogP contribution in [0.3, 0.4) is 0 Å². The van der Waals surface area contributed by atoms with E-state index in [0.717, 1.165) is 6.33 Å². The molecule has 0 aromatic carbocycles. The lowest BCUT2D eigenvalue weighted by Crippen LogP contribution is -2.16. The Kier molecular flexibility index (Phi) is 3.35. The van der Waals surface area contributed by atoms with Gasteiger partial charge in [-0.3, -0.25) is 4.79 Å². The van der Waals surface area contributed by atoms with Crippen molar-refractivity contribution in [2.24, 2.45) is 0 Å². The summed E-state index contributed by atoms with van der Waals surface area (Å²) in [5.74, 6) is 0.115. The van der Waals surface area contributed by atoms with Gasteiger partial charge in [0.05, 0.1) is 12.9 Å². The van der Waals surface area contributed by atoms with Crippen molar-refractivity contribution < 1.29 is 8.78 Å². The zero-order valence-corrected chi connectivity index (χ0v) is 7.94. The fraction of sp³-hybridized carbons (Fsp3) is 0.333. The lowest BCUT2D eigenvalue weighted by atomic mass is 10.5. The molecule has 0 spiro atoms. The van der Waals surface area contributed by atoms with E-state index in [-0.39, 0.29) is 10.3 Å². The predicted molar refractivity (Wildman–Crippen MR) is 47.1 cm³/mol. The maximum absolute atomic E-state index is 11.8. The highest BCUT2D eigenvalue weighted by molar-refractivity contribution is 9.10. The van der Waals surface area contributed by atoms with E-state index in [1.54, 1.807) is 0 Å². The highest BCUT2D eigenvalue weighted by Gasteiger charge is 2.07. The van der Waals surface area contributed by atoms with Crippen molar-refractivity contribution in [3.05, 3.63) is 21.2 Å². The minimum absolute atomic E-state index is 0.115. The Morgan fingerprint density at radius 2 is 2.38 bits per heavy atom. The van der Waals surface area contributed by atoms with Crippen LogP contribution in [-0.4, -0.2) is 22.9 Å². The highest BCUT2D eigenvalue weighted by Crippen LogP contribution is 2.13. The molecule has 0 fully saturated rings. The summed E-state index contributed by atoms with van der Waals surface area (Å²) in [5.41, 5.74) is -0.410. The van der Waals surface area contributed by atoms with Gasteiger partial charge in [0.2, 0.25) is 0 Å². The van der Waals surface area contributed by atoms with Gasteiger partial charge in [-0.2, -0.15) is 0 Å². The number of H-pyrrole nitrogens is 1. The molecule has 0 saturated heterocycles. The molecule has 0 radical (unpaired) electrons. The predicted octanol–water partition coefficient (Wildman–Crippen LogP) is 1.21. The van der Waals surface area contributed by atoms with E-state index in [1.165, 1.54) is 0 Å². The monoisotopic (exact) mass is 253 g/mol. The molecule has 2 N–H and O–H groups in total. The molecule has 0 amide bonds. The van der Waals surface area contributed by atoms with E-state index in [1.807, 2.05) is 0 Å². The molecule has 0 unspecified atom stereocenters. The van der Waals surface area contributed by atoms with Crippen LogP contribution in [-0.2, 0) is 0 Å². The molecule has 0 aliphatic rings. The molecule has 7 heteroatoms. The van der Waals surface area contributed by atoms with Gasteiger partial charge in [-0.1, -0.05) is 0 Å². The summed E-state index contributed by atoms with van der Waals surface area (Å²) in [5, 5.41) is 2.33. The van der Waals surface area contributed by atoms with Crippen molar-refractivity contribution in [2.75, 3.05) is 11.9 Å². The number of hydrogen-bond donors (Lipinski definition) is 2. The summed E-state index contributed by atoms with van der Waals surface area (Å²) in [6.07, 6.45) is -1.34. The molecule has 0 atom stereocenters. The van der Waals surface area contributed by atoms with E-state index in [0.29, 0.717) is 0 Å². The maximum Gasteiger partial charge on any atom is 0.267 e. The molecule has 72 valence electrons. The van der Waals surface area contributed by atoms with Gasteiger partial charge in [0.15, 0.2) is 0 Å². The molecule has 1 aromatic rings. The van der Waals surface area contributed by atoms with Gasteiger partial charge in [0.1, 0.15) is 10.3 Å². The third-order valence-electron chi connectivity index (χ3n) is 1.22. The van der Waals surface area contributed by atoms with E-state index < -0.39 is 18.5 Å². The number of hydrogen-bond acceptors (Lipinski definition) is 3. The van der Waals surface area contributed by atoms with Crippen molar-refractivity contribution in [1.82, 2.24) is 9.97 Å². The molecular weight excluding hydrogens is 248 g/mol. The second-order valence-corrected chi connectivity index (χ2v) is 2.96. The van der Waals surface area contributed by atoms with Crippen LogP contribution < -0.4 is 10.9 Å². The Balaban J connectivity index is 2.77. The minimum Gasteiger partial charge on any atom is -0.363 e. The van der Waals surface area contributed by atoms with E-state index in [9.17, 15) is 13.6 Å². The summed E-state index contributed by atoms with van der Waals surface area (Å²) >= 11 is 2.92. The first-order valence-electron chi connectivity index (χ1n) is 3.36. The van der Waals surface area contributed by atoms with Gasteiger partial charge in [0, 0.05) is 0 Å². The first-order chi connectivity index (χ1) is 6.11. The van der Waals surface area contributed by atoms with Gasteiger partial charge in [-0.25, -0.2) is 13.8 Å². The quantitative estimate of drug-likeness (QED) is 0.852. The Morgan fingerprint density at radius 1 is 1.69 bits per heavy atom. The lowest BCUT2D eigenvalue weighted by molar-refractivity contribution is 0.163. The molecule has 0 aliphatic carbocycles. The fourth-order valence-corrected chi connectivity index (χ4v) is 1.04. The first-order valence-corrected chi connectivity index (χ1v) is 4.15. The van der Waals surface area contributed by atoms with Crippen molar-refractivity contribution in [1.29, 1.82) is 0 Å². The average molecular weight is 254 g/mol. The number of rotatable bonds is 3. The molecular formula is C6H6BrF2N3O. The second kappa shape index (κ2) is 4.31. The van der Waals surface area contributed by atoms with Crippen LogP contribution in [0.15, 0.2) is 15.6 Å². The van der Waals surface area contributed by atoms with E-state index in [4.69, 9.17) is 0 Å². The van der Waals surface area contributed by atoms with Gasteiger partial charge < -0.3 is 10.3 Å². The van der Waals surface area contributed by atoms with Crippen molar-refractivity contribution in [3.8, 4) is 0 Å². The number of halogens is 3. The van der Waals surface area contributed by atoms with Gasteiger partial charge in [-0.15, -0.1) is 0 Å². The van der Waals surface area contributed by atoms with Gasteiger partial charge in [0.25, 0.3) is 12.0 Å². The lowest BCUT2D eigenvalue weighted by Gasteiger charge is -2.04. The Hall–Kier alpha value is -0.980. The summed E-state index contributed by atoms with van der Waals surface area (Å²) < 4.78 is 23.6. The molecule has 1 aromatic heterocycles. The summed E-state index contributed by atoms with van der Waals surface area (Å²) in [6, 6.07) is 0. The van der Waals surface area contributed by atoms with Crippen LogP contribution in [0.4, 0.5) is 14.6 Å². The Morgan fingerprint density at radius 3 is 3.00 bits per heavy atom. The molecule has 1 heterocycles. The summed E-state index contributed by atoms with van der Waals surface area (Å²) in [7, 11) is 0. The summed E-state index contributed by atoms with van der Waals surface area (Å²) in [6.45, 7) is -0.533. The smallest absolute Gasteiger partial charge is 0.267 e. The Bertz CT molecular complexity index is 341. The molecule has 0 bridgehead atoms. The third-order valence-corrected chi connectivity index (χ3v) is 1.96. The van der Waals surface area contributed by atoms with Crippen molar-refractivity contribution >= 4 is 21.7 Å². The molecule has 1 rings (SSSR count). The minimum atomic E-state index is -2.48. The van der Waals surface area contributed by atoms with Crippen molar-refractivity contribution in [2.45, 2.75) is 6.43 Å². The number of anilines is 1. The van der Waals surface area contributed by atoms with Crippen LogP contribution in [0.1, 0.15) is 0 Å².